The molecule has 6 heteroatoms. The Morgan fingerprint density at radius 3 is 2.52 bits per heavy atom. The fraction of sp³-hybridized carbons (Fsp3) is 0.421. The minimum absolute atomic E-state index is 0.586. The highest BCUT2D eigenvalue weighted by Crippen LogP contribution is 2.31. The van der Waals surface area contributed by atoms with Crippen molar-refractivity contribution in [1.29, 1.82) is 0 Å². The summed E-state index contributed by atoms with van der Waals surface area (Å²) in [7, 11) is 3.16. The summed E-state index contributed by atoms with van der Waals surface area (Å²) >= 11 is 0. The number of rotatable bonds is 6. The van der Waals surface area contributed by atoms with E-state index in [-0.39, 0.29) is 0 Å². The summed E-state index contributed by atoms with van der Waals surface area (Å²) in [6.45, 7) is 4.29. The quantitative estimate of drug-likeness (QED) is 0.865. The monoisotopic (exact) mass is 344 g/mol. The number of hydrogen-bond acceptors (Lipinski definition) is 6. The second-order valence-corrected chi connectivity index (χ2v) is 6.00. The van der Waals surface area contributed by atoms with Gasteiger partial charge in [0.1, 0.15) is 6.10 Å². The molecule has 1 aromatic carbocycles. The van der Waals surface area contributed by atoms with Crippen LogP contribution in [0.3, 0.4) is 0 Å². The fourth-order valence-electron chi connectivity index (χ4n) is 2.90. The number of nitrogens with zero attached hydrogens (tertiary/aromatic N) is 2. The van der Waals surface area contributed by atoms with Crippen LogP contribution >= 0.6 is 0 Å². The maximum absolute atomic E-state index is 10.6. The Kier molecular flexibility index (Phi) is 5.86. The van der Waals surface area contributed by atoms with E-state index in [1.54, 1.807) is 26.4 Å². The first-order valence-corrected chi connectivity index (χ1v) is 8.36. The van der Waals surface area contributed by atoms with E-state index in [4.69, 9.17) is 14.2 Å². The summed E-state index contributed by atoms with van der Waals surface area (Å²) in [5.41, 5.74) is 2.45. The van der Waals surface area contributed by atoms with Crippen LogP contribution in [0, 0.1) is 0 Å². The standard InChI is InChI=1S/C19H24N2O4/c1-23-17-6-4-15(11-18(17)24-2)19(22)16-5-3-14(12-20-16)13-21-7-9-25-10-8-21/h3-6,11-12,19,22H,7-10,13H2,1-2H3. The van der Waals surface area contributed by atoms with Gasteiger partial charge in [-0.05, 0) is 29.3 Å². The van der Waals surface area contributed by atoms with Crippen LogP contribution in [0.15, 0.2) is 36.5 Å². The molecule has 0 saturated carbocycles. The molecule has 0 radical (unpaired) electrons. The predicted octanol–water partition coefficient (Wildman–Crippen LogP) is 2.01. The number of methoxy groups -OCH3 is 2. The molecule has 1 aliphatic heterocycles. The van der Waals surface area contributed by atoms with Crippen LogP contribution < -0.4 is 9.47 Å². The van der Waals surface area contributed by atoms with Crippen LogP contribution in [0.25, 0.3) is 0 Å². The van der Waals surface area contributed by atoms with Gasteiger partial charge < -0.3 is 19.3 Å². The van der Waals surface area contributed by atoms with E-state index >= 15 is 0 Å². The maximum atomic E-state index is 10.6. The van der Waals surface area contributed by atoms with Gasteiger partial charge in [-0.15, -0.1) is 0 Å². The van der Waals surface area contributed by atoms with Gasteiger partial charge >= 0.3 is 0 Å². The van der Waals surface area contributed by atoms with Crippen LogP contribution in [0.1, 0.15) is 22.9 Å². The second-order valence-electron chi connectivity index (χ2n) is 6.00. The molecule has 134 valence electrons. The third-order valence-electron chi connectivity index (χ3n) is 4.36. The zero-order chi connectivity index (χ0) is 17.6. The Labute approximate surface area is 148 Å². The normalized spacial score (nSPS) is 16.4. The third-order valence-corrected chi connectivity index (χ3v) is 4.36. The summed E-state index contributed by atoms with van der Waals surface area (Å²) in [5.74, 6) is 1.22. The second kappa shape index (κ2) is 8.29. The smallest absolute Gasteiger partial charge is 0.161 e. The van der Waals surface area contributed by atoms with Gasteiger partial charge in [-0.25, -0.2) is 0 Å². The SMILES string of the molecule is COc1ccc(C(O)c2ccc(CN3CCOCC3)cn2)cc1OC. The topological polar surface area (TPSA) is 64.1 Å². The largest absolute Gasteiger partial charge is 0.493 e. The molecule has 0 aliphatic carbocycles. The summed E-state index contributed by atoms with van der Waals surface area (Å²) in [6.07, 6.45) is 1.02. The minimum Gasteiger partial charge on any atom is -0.493 e. The Balaban J connectivity index is 1.70. The summed E-state index contributed by atoms with van der Waals surface area (Å²) in [5, 5.41) is 10.6. The highest BCUT2D eigenvalue weighted by Gasteiger charge is 2.16. The molecule has 1 N–H and O–H groups in total. The third kappa shape index (κ3) is 4.28. The van der Waals surface area contributed by atoms with E-state index < -0.39 is 6.10 Å². The highest BCUT2D eigenvalue weighted by atomic mass is 16.5. The molecule has 2 heterocycles. The van der Waals surface area contributed by atoms with E-state index in [1.165, 1.54) is 0 Å². The lowest BCUT2D eigenvalue weighted by Gasteiger charge is -2.26. The van der Waals surface area contributed by atoms with Crippen molar-refractivity contribution in [3.8, 4) is 11.5 Å². The number of aliphatic hydroxyl groups is 1. The summed E-state index contributed by atoms with van der Waals surface area (Å²) < 4.78 is 15.9. The zero-order valence-electron chi connectivity index (χ0n) is 14.6. The van der Waals surface area contributed by atoms with E-state index in [0.29, 0.717) is 22.8 Å². The Morgan fingerprint density at radius 2 is 1.88 bits per heavy atom. The number of benzene rings is 1. The van der Waals surface area contributed by atoms with Crippen molar-refractivity contribution in [1.82, 2.24) is 9.88 Å². The molecule has 0 spiro atoms. The van der Waals surface area contributed by atoms with Gasteiger partial charge in [0.25, 0.3) is 0 Å². The van der Waals surface area contributed by atoms with Gasteiger partial charge in [0.05, 0.1) is 33.1 Å². The van der Waals surface area contributed by atoms with Crippen molar-refractivity contribution in [3.63, 3.8) is 0 Å². The van der Waals surface area contributed by atoms with Crippen LogP contribution in [-0.4, -0.2) is 55.5 Å². The predicted molar refractivity (Wildman–Crippen MR) is 93.9 cm³/mol. The van der Waals surface area contributed by atoms with Crippen molar-refractivity contribution in [2.24, 2.45) is 0 Å². The van der Waals surface area contributed by atoms with Crippen LogP contribution in [-0.2, 0) is 11.3 Å². The Bertz CT molecular complexity index is 684. The van der Waals surface area contributed by atoms with Crippen molar-refractivity contribution >= 4 is 0 Å². The van der Waals surface area contributed by atoms with E-state index in [1.807, 2.05) is 24.4 Å². The van der Waals surface area contributed by atoms with Crippen molar-refractivity contribution in [2.75, 3.05) is 40.5 Å². The Morgan fingerprint density at radius 1 is 1.12 bits per heavy atom. The number of aromatic nitrogens is 1. The number of pyridine rings is 1. The number of ether oxygens (including phenoxy) is 3. The van der Waals surface area contributed by atoms with Crippen LogP contribution in [0.2, 0.25) is 0 Å². The first-order chi connectivity index (χ1) is 12.2. The molecule has 0 amide bonds. The summed E-state index contributed by atoms with van der Waals surface area (Å²) in [4.78, 5) is 6.78. The Hall–Kier alpha value is -2.15. The minimum atomic E-state index is -0.808. The highest BCUT2D eigenvalue weighted by molar-refractivity contribution is 5.44. The van der Waals surface area contributed by atoms with Gasteiger partial charge in [0, 0.05) is 25.8 Å². The molecule has 1 unspecified atom stereocenters. The van der Waals surface area contributed by atoms with Gasteiger partial charge in [-0.1, -0.05) is 12.1 Å². The van der Waals surface area contributed by atoms with Gasteiger partial charge in [-0.2, -0.15) is 0 Å². The molecule has 2 aromatic rings. The average Bonchev–Trinajstić information content (AvgIpc) is 2.68. The van der Waals surface area contributed by atoms with Gasteiger partial charge in [0.2, 0.25) is 0 Å². The molecule has 6 nitrogen and oxygen atoms in total. The van der Waals surface area contributed by atoms with E-state index in [2.05, 4.69) is 9.88 Å². The zero-order valence-corrected chi connectivity index (χ0v) is 14.6. The fourth-order valence-corrected chi connectivity index (χ4v) is 2.90. The molecule has 1 saturated heterocycles. The van der Waals surface area contributed by atoms with Gasteiger partial charge in [0.15, 0.2) is 11.5 Å². The molecule has 1 atom stereocenters. The van der Waals surface area contributed by atoms with Crippen molar-refractivity contribution < 1.29 is 19.3 Å². The molecule has 0 bridgehead atoms. The lowest BCUT2D eigenvalue weighted by molar-refractivity contribution is 0.0341. The number of hydrogen-bond donors (Lipinski definition) is 1. The molecular weight excluding hydrogens is 320 g/mol. The number of morpholine rings is 1. The average molecular weight is 344 g/mol. The maximum Gasteiger partial charge on any atom is 0.161 e. The first-order valence-electron chi connectivity index (χ1n) is 8.36. The van der Waals surface area contributed by atoms with E-state index in [0.717, 1.165) is 38.4 Å². The molecular formula is C19H24N2O4. The molecule has 3 rings (SSSR count). The first kappa shape index (κ1) is 17.7. The van der Waals surface area contributed by atoms with Gasteiger partial charge in [-0.3, -0.25) is 9.88 Å². The summed E-state index contributed by atoms with van der Waals surface area (Å²) in [6, 6.07) is 9.26. The molecule has 1 aromatic heterocycles. The molecule has 1 aliphatic rings. The molecule has 25 heavy (non-hydrogen) atoms. The lowest BCUT2D eigenvalue weighted by Crippen LogP contribution is -2.35. The van der Waals surface area contributed by atoms with Crippen LogP contribution in [0.4, 0.5) is 0 Å². The lowest BCUT2D eigenvalue weighted by atomic mass is 10.0. The van der Waals surface area contributed by atoms with Crippen LogP contribution in [0.5, 0.6) is 11.5 Å². The van der Waals surface area contributed by atoms with E-state index in [9.17, 15) is 5.11 Å². The molecule has 1 fully saturated rings. The number of aliphatic hydroxyl groups excluding tert-OH is 1. The van der Waals surface area contributed by atoms with Crippen molar-refractivity contribution in [3.05, 3.63) is 53.3 Å². The van der Waals surface area contributed by atoms with Crippen molar-refractivity contribution in [2.45, 2.75) is 12.6 Å².